The molecule has 0 bridgehead atoms. The highest BCUT2D eigenvalue weighted by Crippen LogP contribution is 2.61. The Morgan fingerprint density at radius 1 is 1.29 bits per heavy atom. The van der Waals surface area contributed by atoms with Gasteiger partial charge in [-0.2, -0.15) is 0 Å². The molecule has 0 radical (unpaired) electrons. The van der Waals surface area contributed by atoms with Crippen molar-refractivity contribution in [3.05, 3.63) is 12.2 Å². The van der Waals surface area contributed by atoms with Crippen LogP contribution in [0.5, 0.6) is 0 Å². The molecule has 0 spiro atoms. The molecule has 0 heterocycles. The van der Waals surface area contributed by atoms with Crippen molar-refractivity contribution in [2.75, 3.05) is 0 Å². The molecule has 2 rings (SSSR count). The van der Waals surface area contributed by atoms with E-state index < -0.39 is 28.9 Å². The standard InChI is InChI=1S/C16H24O5/c1-9-10(7-13(18)19)15(2)5-4-6-16(3,14(20)21)12(15)8-11(9)17/h10-12,17H,1,4-8H2,2-3H3,(H,18,19)(H,20,21)/t10-,11?,12+,15+,16?/m0/s1. The van der Waals surface area contributed by atoms with Crippen molar-refractivity contribution in [2.45, 2.75) is 52.1 Å². The number of hydrogen-bond acceptors (Lipinski definition) is 3. The molecule has 0 saturated heterocycles. The lowest BCUT2D eigenvalue weighted by Crippen LogP contribution is -2.56. The van der Waals surface area contributed by atoms with Crippen molar-refractivity contribution in [3.63, 3.8) is 0 Å². The zero-order valence-electron chi connectivity index (χ0n) is 12.6. The normalized spacial score (nSPS) is 43.2. The fourth-order valence-corrected chi connectivity index (χ4v) is 4.68. The van der Waals surface area contributed by atoms with Crippen LogP contribution < -0.4 is 0 Å². The number of carboxylic acids is 2. The smallest absolute Gasteiger partial charge is 0.309 e. The topological polar surface area (TPSA) is 94.8 Å². The zero-order chi connectivity index (χ0) is 16.0. The van der Waals surface area contributed by atoms with Gasteiger partial charge in [-0.15, -0.1) is 0 Å². The molecule has 5 nitrogen and oxygen atoms in total. The molecule has 5 atom stereocenters. The van der Waals surface area contributed by atoms with E-state index in [1.807, 2.05) is 6.92 Å². The van der Waals surface area contributed by atoms with E-state index in [0.29, 0.717) is 18.4 Å². The molecule has 2 unspecified atom stereocenters. The molecule has 5 heteroatoms. The highest BCUT2D eigenvalue weighted by molar-refractivity contribution is 5.75. The first-order valence-electron chi connectivity index (χ1n) is 7.45. The molecule has 21 heavy (non-hydrogen) atoms. The molecule has 0 aliphatic heterocycles. The van der Waals surface area contributed by atoms with Crippen molar-refractivity contribution >= 4 is 11.9 Å². The Balaban J connectivity index is 2.47. The molecule has 0 aromatic heterocycles. The summed E-state index contributed by atoms with van der Waals surface area (Å²) in [7, 11) is 0. The zero-order valence-corrected chi connectivity index (χ0v) is 12.6. The quantitative estimate of drug-likeness (QED) is 0.695. The number of aliphatic hydroxyl groups is 1. The SMILES string of the molecule is C=C1C(O)C[C@H]2C(C)(C(=O)O)CCC[C@]2(C)[C@H]1CC(=O)O. The molecule has 2 saturated carbocycles. The van der Waals surface area contributed by atoms with E-state index in [1.54, 1.807) is 6.92 Å². The summed E-state index contributed by atoms with van der Waals surface area (Å²) in [5.41, 5.74) is -0.795. The second-order valence-electron chi connectivity index (χ2n) is 7.11. The van der Waals surface area contributed by atoms with E-state index in [4.69, 9.17) is 0 Å². The lowest BCUT2D eigenvalue weighted by molar-refractivity contribution is -0.168. The number of fused-ring (bicyclic) bond motifs is 1. The molecule has 0 aromatic carbocycles. The van der Waals surface area contributed by atoms with E-state index in [9.17, 15) is 24.9 Å². The maximum absolute atomic E-state index is 11.8. The summed E-state index contributed by atoms with van der Waals surface area (Å²) in [6.45, 7) is 7.60. The number of aliphatic hydroxyl groups excluding tert-OH is 1. The summed E-state index contributed by atoms with van der Waals surface area (Å²) >= 11 is 0. The number of carbonyl (C=O) groups is 2. The van der Waals surface area contributed by atoms with Gasteiger partial charge in [0.15, 0.2) is 0 Å². The van der Waals surface area contributed by atoms with Crippen molar-refractivity contribution in [2.24, 2.45) is 22.7 Å². The molecule has 3 N–H and O–H groups in total. The number of hydrogen-bond donors (Lipinski definition) is 3. The predicted molar refractivity (Wildman–Crippen MR) is 76.7 cm³/mol. The molecular formula is C16H24O5. The van der Waals surface area contributed by atoms with Crippen LogP contribution in [0.15, 0.2) is 12.2 Å². The van der Waals surface area contributed by atoms with E-state index in [0.717, 1.165) is 12.8 Å². The van der Waals surface area contributed by atoms with Gasteiger partial charge in [-0.1, -0.05) is 19.9 Å². The van der Waals surface area contributed by atoms with E-state index in [-0.39, 0.29) is 18.3 Å². The average molecular weight is 296 g/mol. The first-order chi connectivity index (χ1) is 9.63. The molecule has 0 amide bonds. The Kier molecular flexibility index (Phi) is 3.91. The van der Waals surface area contributed by atoms with Crippen LogP contribution in [0.25, 0.3) is 0 Å². The highest BCUT2D eigenvalue weighted by Gasteiger charge is 2.59. The van der Waals surface area contributed by atoms with Gasteiger partial charge in [-0.05, 0) is 49.0 Å². The van der Waals surface area contributed by atoms with Crippen LogP contribution in [0, 0.1) is 22.7 Å². The minimum absolute atomic E-state index is 0.0986. The average Bonchev–Trinajstić information content (AvgIpc) is 2.37. The minimum Gasteiger partial charge on any atom is -0.481 e. The summed E-state index contributed by atoms with van der Waals surface area (Å²) in [6.07, 6.45) is 1.55. The van der Waals surface area contributed by atoms with Gasteiger partial charge in [0, 0.05) is 0 Å². The van der Waals surface area contributed by atoms with Crippen molar-refractivity contribution in [1.29, 1.82) is 0 Å². The summed E-state index contributed by atoms with van der Waals surface area (Å²) < 4.78 is 0. The first-order valence-corrected chi connectivity index (χ1v) is 7.45. The summed E-state index contributed by atoms with van der Waals surface area (Å²) in [4.78, 5) is 23.0. The lowest BCUT2D eigenvalue weighted by Gasteiger charge is -2.58. The third-order valence-corrected chi connectivity index (χ3v) is 5.97. The molecule has 118 valence electrons. The third kappa shape index (κ3) is 2.37. The molecule has 0 aromatic rings. The van der Waals surface area contributed by atoms with Crippen LogP contribution in [0.4, 0.5) is 0 Å². The largest absolute Gasteiger partial charge is 0.481 e. The van der Waals surface area contributed by atoms with Crippen molar-refractivity contribution in [1.82, 2.24) is 0 Å². The van der Waals surface area contributed by atoms with Gasteiger partial charge in [0.1, 0.15) is 0 Å². The lowest BCUT2D eigenvalue weighted by atomic mass is 9.46. The first kappa shape index (κ1) is 16.0. The van der Waals surface area contributed by atoms with Crippen LogP contribution in [0.2, 0.25) is 0 Å². The van der Waals surface area contributed by atoms with Gasteiger partial charge in [-0.25, -0.2) is 0 Å². The fraction of sp³-hybridized carbons (Fsp3) is 0.750. The van der Waals surface area contributed by atoms with Gasteiger partial charge >= 0.3 is 11.9 Å². The van der Waals surface area contributed by atoms with Crippen LogP contribution in [-0.4, -0.2) is 33.4 Å². The predicted octanol–water partition coefficient (Wildman–Crippen LogP) is 2.30. The van der Waals surface area contributed by atoms with E-state index >= 15 is 0 Å². The maximum Gasteiger partial charge on any atom is 0.309 e. The fourth-order valence-electron chi connectivity index (χ4n) is 4.68. The van der Waals surface area contributed by atoms with Gasteiger partial charge < -0.3 is 15.3 Å². The molecule has 2 fully saturated rings. The number of aliphatic carboxylic acids is 2. The van der Waals surface area contributed by atoms with Gasteiger partial charge in [0.05, 0.1) is 17.9 Å². The number of rotatable bonds is 3. The van der Waals surface area contributed by atoms with Gasteiger partial charge in [0.25, 0.3) is 0 Å². The van der Waals surface area contributed by atoms with Crippen LogP contribution in [0.3, 0.4) is 0 Å². The van der Waals surface area contributed by atoms with Gasteiger partial charge in [0.2, 0.25) is 0 Å². The summed E-state index contributed by atoms with van der Waals surface area (Å²) in [5.74, 6) is -2.39. The van der Waals surface area contributed by atoms with Crippen LogP contribution >= 0.6 is 0 Å². The van der Waals surface area contributed by atoms with Crippen molar-refractivity contribution < 1.29 is 24.9 Å². The molecular weight excluding hydrogens is 272 g/mol. The highest BCUT2D eigenvalue weighted by atomic mass is 16.4. The minimum atomic E-state index is -0.933. The second kappa shape index (κ2) is 5.13. The van der Waals surface area contributed by atoms with Gasteiger partial charge in [-0.3, -0.25) is 9.59 Å². The van der Waals surface area contributed by atoms with Crippen molar-refractivity contribution in [3.8, 4) is 0 Å². The van der Waals surface area contributed by atoms with Crippen LogP contribution in [-0.2, 0) is 9.59 Å². The Labute approximate surface area is 124 Å². The van der Waals surface area contributed by atoms with E-state index in [1.165, 1.54) is 0 Å². The Bertz CT molecular complexity index is 485. The monoisotopic (exact) mass is 296 g/mol. The maximum atomic E-state index is 11.8. The summed E-state index contributed by atoms with van der Waals surface area (Å²) in [5, 5.41) is 29.1. The second-order valence-corrected chi connectivity index (χ2v) is 7.11. The third-order valence-electron chi connectivity index (χ3n) is 5.97. The Morgan fingerprint density at radius 2 is 1.90 bits per heavy atom. The molecule has 2 aliphatic carbocycles. The number of carboxylic acid groups (broad SMARTS) is 2. The Hall–Kier alpha value is -1.36. The molecule has 2 aliphatic rings. The Morgan fingerprint density at radius 3 is 2.43 bits per heavy atom. The van der Waals surface area contributed by atoms with Crippen LogP contribution in [0.1, 0.15) is 46.0 Å². The van der Waals surface area contributed by atoms with E-state index in [2.05, 4.69) is 6.58 Å². The summed E-state index contributed by atoms with van der Waals surface area (Å²) in [6, 6.07) is 0.